The van der Waals surface area contributed by atoms with Gasteiger partial charge in [0.15, 0.2) is 0 Å². The Kier molecular flexibility index (Phi) is 4.26. The summed E-state index contributed by atoms with van der Waals surface area (Å²) in [5, 5.41) is 7.20. The molecule has 0 N–H and O–H groups in total. The van der Waals surface area contributed by atoms with Gasteiger partial charge in [0, 0.05) is 32.3 Å². The topological polar surface area (TPSA) is 60.3 Å². The van der Waals surface area contributed by atoms with Crippen LogP contribution in [0, 0.1) is 12.8 Å². The molecular formula is C15H20N4O2S. The molecule has 22 heavy (non-hydrogen) atoms. The predicted molar refractivity (Wildman–Crippen MR) is 83.3 cm³/mol. The summed E-state index contributed by atoms with van der Waals surface area (Å²) in [4.78, 5) is 18.9. The maximum Gasteiger partial charge on any atom is 0.228 e. The van der Waals surface area contributed by atoms with Crippen molar-refractivity contribution in [1.82, 2.24) is 19.7 Å². The van der Waals surface area contributed by atoms with Crippen LogP contribution in [0.2, 0.25) is 0 Å². The van der Waals surface area contributed by atoms with Gasteiger partial charge in [-0.2, -0.15) is 5.10 Å². The number of aromatic nitrogens is 3. The van der Waals surface area contributed by atoms with Gasteiger partial charge in [0.25, 0.3) is 0 Å². The van der Waals surface area contributed by atoms with Crippen LogP contribution >= 0.6 is 11.3 Å². The molecular weight excluding hydrogens is 300 g/mol. The summed E-state index contributed by atoms with van der Waals surface area (Å²) in [6.45, 7) is 3.12. The van der Waals surface area contributed by atoms with Crippen molar-refractivity contribution < 1.29 is 9.53 Å². The van der Waals surface area contributed by atoms with Gasteiger partial charge < -0.3 is 9.64 Å². The van der Waals surface area contributed by atoms with E-state index in [0.717, 1.165) is 22.8 Å². The fourth-order valence-corrected chi connectivity index (χ4v) is 3.49. The first-order valence-electron chi connectivity index (χ1n) is 7.31. The Hall–Kier alpha value is -1.73. The third kappa shape index (κ3) is 2.91. The van der Waals surface area contributed by atoms with E-state index < -0.39 is 0 Å². The fourth-order valence-electron chi connectivity index (χ4n) is 2.88. The predicted octanol–water partition coefficient (Wildman–Crippen LogP) is 1.92. The highest BCUT2D eigenvalue weighted by Gasteiger charge is 2.38. The molecule has 0 saturated carbocycles. The molecule has 3 rings (SSSR count). The lowest BCUT2D eigenvalue weighted by Crippen LogP contribution is -2.34. The zero-order chi connectivity index (χ0) is 15.7. The molecule has 118 valence electrons. The van der Waals surface area contributed by atoms with Gasteiger partial charge in [-0.1, -0.05) is 0 Å². The normalized spacial score (nSPS) is 21.2. The Balaban J connectivity index is 1.71. The maximum absolute atomic E-state index is 12.8. The Morgan fingerprint density at radius 3 is 3.05 bits per heavy atom. The second-order valence-electron chi connectivity index (χ2n) is 5.62. The van der Waals surface area contributed by atoms with Crippen LogP contribution in [0.5, 0.6) is 0 Å². The van der Waals surface area contributed by atoms with Crippen molar-refractivity contribution in [2.75, 3.05) is 13.7 Å². The molecule has 1 aliphatic heterocycles. The summed E-state index contributed by atoms with van der Waals surface area (Å²) in [6.07, 6.45) is 2.27. The molecule has 0 radical (unpaired) electrons. The molecule has 2 aromatic rings. The van der Waals surface area contributed by atoms with Crippen LogP contribution in [0.25, 0.3) is 0 Å². The van der Waals surface area contributed by atoms with Crippen LogP contribution in [-0.4, -0.2) is 39.2 Å². The summed E-state index contributed by atoms with van der Waals surface area (Å²) >= 11 is 1.61. The SMILES string of the molecule is Cc1nc(CN(C)C(=O)[C@@H]2CCO[C@H]2c2ccnn2C)cs1. The summed E-state index contributed by atoms with van der Waals surface area (Å²) < 4.78 is 7.57. The van der Waals surface area contributed by atoms with Crippen LogP contribution in [0.1, 0.15) is 28.9 Å². The van der Waals surface area contributed by atoms with E-state index in [1.807, 2.05) is 32.5 Å². The fraction of sp³-hybridized carbons (Fsp3) is 0.533. The average molecular weight is 320 g/mol. The van der Waals surface area contributed by atoms with E-state index in [2.05, 4.69) is 10.1 Å². The van der Waals surface area contributed by atoms with E-state index in [0.29, 0.717) is 13.2 Å². The lowest BCUT2D eigenvalue weighted by molar-refractivity contribution is -0.136. The van der Waals surface area contributed by atoms with Gasteiger partial charge in [-0.25, -0.2) is 4.98 Å². The largest absolute Gasteiger partial charge is 0.371 e. The van der Waals surface area contributed by atoms with E-state index in [-0.39, 0.29) is 17.9 Å². The molecule has 2 aromatic heterocycles. The Morgan fingerprint density at radius 1 is 1.59 bits per heavy atom. The smallest absolute Gasteiger partial charge is 0.228 e. The Morgan fingerprint density at radius 2 is 2.41 bits per heavy atom. The molecule has 0 unspecified atom stereocenters. The molecule has 6 nitrogen and oxygen atoms in total. The van der Waals surface area contributed by atoms with Gasteiger partial charge >= 0.3 is 0 Å². The number of thiazole rings is 1. The van der Waals surface area contributed by atoms with Gasteiger partial charge in [-0.3, -0.25) is 9.48 Å². The van der Waals surface area contributed by atoms with Gasteiger partial charge in [0.2, 0.25) is 5.91 Å². The molecule has 1 saturated heterocycles. The van der Waals surface area contributed by atoms with Crippen molar-refractivity contribution in [3.8, 4) is 0 Å². The zero-order valence-corrected chi connectivity index (χ0v) is 13.8. The highest BCUT2D eigenvalue weighted by Crippen LogP contribution is 2.35. The van der Waals surface area contributed by atoms with Gasteiger partial charge in [-0.05, 0) is 19.4 Å². The molecule has 1 amide bonds. The van der Waals surface area contributed by atoms with Crippen molar-refractivity contribution in [2.45, 2.75) is 26.0 Å². The molecule has 0 bridgehead atoms. The number of rotatable bonds is 4. The summed E-state index contributed by atoms with van der Waals surface area (Å²) in [5.41, 5.74) is 1.89. The van der Waals surface area contributed by atoms with Crippen LogP contribution in [0.4, 0.5) is 0 Å². The highest BCUT2D eigenvalue weighted by molar-refractivity contribution is 7.09. The summed E-state index contributed by atoms with van der Waals surface area (Å²) in [5.74, 6) is -0.0468. The van der Waals surface area contributed by atoms with Crippen molar-refractivity contribution >= 4 is 17.2 Å². The Labute approximate surface area is 133 Å². The number of hydrogen-bond acceptors (Lipinski definition) is 5. The number of hydrogen-bond donors (Lipinski definition) is 0. The lowest BCUT2D eigenvalue weighted by atomic mass is 9.97. The molecule has 0 aromatic carbocycles. The summed E-state index contributed by atoms with van der Waals surface area (Å²) in [6, 6.07) is 1.92. The van der Waals surface area contributed by atoms with Crippen molar-refractivity contribution in [3.05, 3.63) is 34.0 Å². The van der Waals surface area contributed by atoms with E-state index in [1.54, 1.807) is 27.1 Å². The van der Waals surface area contributed by atoms with Crippen LogP contribution in [-0.2, 0) is 23.1 Å². The van der Waals surface area contributed by atoms with Gasteiger partial charge in [0.05, 0.1) is 28.9 Å². The highest BCUT2D eigenvalue weighted by atomic mass is 32.1. The Bertz CT molecular complexity index is 666. The molecule has 7 heteroatoms. The van der Waals surface area contributed by atoms with E-state index in [9.17, 15) is 4.79 Å². The number of amides is 1. The maximum atomic E-state index is 12.8. The minimum absolute atomic E-state index is 0.106. The molecule has 2 atom stereocenters. The number of carbonyl (C=O) groups excluding carboxylic acids is 1. The summed E-state index contributed by atoms with van der Waals surface area (Å²) in [7, 11) is 3.70. The number of ether oxygens (including phenoxy) is 1. The van der Waals surface area contributed by atoms with Crippen LogP contribution < -0.4 is 0 Å². The first kappa shape index (κ1) is 15.2. The second kappa shape index (κ2) is 6.18. The van der Waals surface area contributed by atoms with Crippen LogP contribution in [0.3, 0.4) is 0 Å². The third-order valence-electron chi connectivity index (χ3n) is 4.00. The quantitative estimate of drug-likeness (QED) is 0.863. The minimum atomic E-state index is -0.209. The first-order chi connectivity index (χ1) is 10.6. The zero-order valence-electron chi connectivity index (χ0n) is 13.0. The molecule has 0 spiro atoms. The van der Waals surface area contributed by atoms with Crippen molar-refractivity contribution in [1.29, 1.82) is 0 Å². The number of nitrogens with zero attached hydrogens (tertiary/aromatic N) is 4. The standard InChI is InChI=1S/C15H20N4O2S/c1-10-17-11(9-22-10)8-18(2)15(20)12-5-7-21-14(12)13-4-6-16-19(13)3/h4,6,9,12,14H,5,7-8H2,1-3H3/t12-,14-/m1/s1. The van der Waals surface area contributed by atoms with Crippen molar-refractivity contribution in [3.63, 3.8) is 0 Å². The van der Waals surface area contributed by atoms with E-state index >= 15 is 0 Å². The lowest BCUT2D eigenvalue weighted by Gasteiger charge is -2.23. The molecule has 1 fully saturated rings. The first-order valence-corrected chi connectivity index (χ1v) is 8.19. The van der Waals surface area contributed by atoms with E-state index in [4.69, 9.17) is 4.74 Å². The number of aryl methyl sites for hydroxylation is 2. The molecule has 0 aliphatic carbocycles. The average Bonchev–Trinajstić information content (AvgIpc) is 3.19. The minimum Gasteiger partial charge on any atom is -0.371 e. The monoisotopic (exact) mass is 320 g/mol. The van der Waals surface area contributed by atoms with Crippen molar-refractivity contribution in [2.24, 2.45) is 13.0 Å². The third-order valence-corrected chi connectivity index (χ3v) is 4.82. The van der Waals surface area contributed by atoms with E-state index in [1.165, 1.54) is 0 Å². The van der Waals surface area contributed by atoms with Gasteiger partial charge in [-0.15, -0.1) is 11.3 Å². The molecule has 1 aliphatic rings. The number of carbonyl (C=O) groups is 1. The van der Waals surface area contributed by atoms with Gasteiger partial charge in [0.1, 0.15) is 6.10 Å². The second-order valence-corrected chi connectivity index (χ2v) is 6.68. The molecule has 3 heterocycles. The van der Waals surface area contributed by atoms with Crippen LogP contribution in [0.15, 0.2) is 17.6 Å².